The van der Waals surface area contributed by atoms with Crippen LogP contribution in [0.25, 0.3) is 10.8 Å². The zero-order valence-electron chi connectivity index (χ0n) is 10.2. The predicted octanol–water partition coefficient (Wildman–Crippen LogP) is 1.09. The number of hydrogen-bond acceptors (Lipinski definition) is 5. The average molecular weight is 254 g/mol. The first kappa shape index (κ1) is 11.6. The van der Waals surface area contributed by atoms with Gasteiger partial charge in [-0.05, 0) is 17.0 Å². The fraction of sp³-hybridized carbons (Fsp3) is 0.0769. The monoisotopic (exact) mass is 254 g/mol. The summed E-state index contributed by atoms with van der Waals surface area (Å²) < 4.78 is 0. The largest absolute Gasteiger partial charge is 0.384 e. The molecule has 3 aromatic rings. The summed E-state index contributed by atoms with van der Waals surface area (Å²) >= 11 is 0. The van der Waals surface area contributed by atoms with Crippen molar-refractivity contribution in [3.63, 3.8) is 0 Å². The van der Waals surface area contributed by atoms with E-state index in [0.717, 1.165) is 21.9 Å². The number of nitrogens with two attached hydrogens (primary N) is 2. The number of H-pyrrole nitrogens is 1. The third kappa shape index (κ3) is 1.92. The second kappa shape index (κ2) is 4.68. The van der Waals surface area contributed by atoms with Gasteiger partial charge in [-0.15, -0.1) is 0 Å². The normalized spacial score (nSPS) is 12.7. The van der Waals surface area contributed by atoms with E-state index >= 15 is 0 Å². The Morgan fingerprint density at radius 3 is 2.79 bits per heavy atom. The van der Waals surface area contributed by atoms with Gasteiger partial charge in [-0.1, -0.05) is 18.2 Å². The van der Waals surface area contributed by atoms with Gasteiger partial charge >= 0.3 is 0 Å². The van der Waals surface area contributed by atoms with E-state index < -0.39 is 0 Å². The highest BCUT2D eigenvalue weighted by atomic mass is 15.2. The van der Waals surface area contributed by atoms with E-state index in [2.05, 4.69) is 20.6 Å². The molecule has 0 spiro atoms. The smallest absolute Gasteiger partial charge is 0.124 e. The molecule has 1 atom stereocenters. The Hall–Kier alpha value is -2.44. The van der Waals surface area contributed by atoms with Crippen LogP contribution in [0, 0.1) is 0 Å². The standard InChI is InChI=1S/C13H14N6/c14-13-11(7-17-19-13)12(18-15)10-3-1-2-8-6-16-5-4-9(8)10/h1-7,12,18H,15H2,(H3,14,17,19). The summed E-state index contributed by atoms with van der Waals surface area (Å²) in [5.74, 6) is 6.20. The van der Waals surface area contributed by atoms with Crippen molar-refractivity contribution in [2.75, 3.05) is 5.73 Å². The number of benzene rings is 1. The summed E-state index contributed by atoms with van der Waals surface area (Å²) in [6.45, 7) is 0. The number of nitrogens with one attached hydrogen (secondary N) is 2. The van der Waals surface area contributed by atoms with Gasteiger partial charge in [0.2, 0.25) is 0 Å². The summed E-state index contributed by atoms with van der Waals surface area (Å²) in [5, 5.41) is 8.80. The second-order valence-corrected chi connectivity index (χ2v) is 4.28. The van der Waals surface area contributed by atoms with Crippen molar-refractivity contribution < 1.29 is 0 Å². The van der Waals surface area contributed by atoms with Crippen molar-refractivity contribution >= 4 is 16.6 Å². The molecule has 1 aromatic carbocycles. The molecule has 19 heavy (non-hydrogen) atoms. The Morgan fingerprint density at radius 1 is 1.16 bits per heavy atom. The number of hydrogen-bond donors (Lipinski definition) is 4. The van der Waals surface area contributed by atoms with Crippen LogP contribution < -0.4 is 17.0 Å². The van der Waals surface area contributed by atoms with Crippen molar-refractivity contribution in [1.29, 1.82) is 0 Å². The van der Waals surface area contributed by atoms with Crippen LogP contribution in [0.5, 0.6) is 0 Å². The molecule has 6 N–H and O–H groups in total. The van der Waals surface area contributed by atoms with Gasteiger partial charge in [-0.3, -0.25) is 15.9 Å². The van der Waals surface area contributed by atoms with E-state index in [4.69, 9.17) is 11.6 Å². The Morgan fingerprint density at radius 2 is 2.05 bits per heavy atom. The van der Waals surface area contributed by atoms with Crippen LogP contribution in [0.4, 0.5) is 5.82 Å². The van der Waals surface area contributed by atoms with E-state index in [-0.39, 0.29) is 6.04 Å². The molecule has 2 heterocycles. The van der Waals surface area contributed by atoms with Crippen molar-refractivity contribution in [3.05, 3.63) is 54.0 Å². The third-order valence-electron chi connectivity index (χ3n) is 3.20. The minimum atomic E-state index is -0.218. The summed E-state index contributed by atoms with van der Waals surface area (Å²) in [6.07, 6.45) is 5.27. The topological polar surface area (TPSA) is 106 Å². The number of anilines is 1. The van der Waals surface area contributed by atoms with Crippen LogP contribution in [0.1, 0.15) is 17.2 Å². The van der Waals surface area contributed by atoms with E-state index in [9.17, 15) is 0 Å². The molecule has 0 bridgehead atoms. The quantitative estimate of drug-likeness (QED) is 0.413. The van der Waals surface area contributed by atoms with Gasteiger partial charge < -0.3 is 5.73 Å². The fourth-order valence-corrected chi connectivity index (χ4v) is 2.28. The van der Waals surface area contributed by atoms with Crippen molar-refractivity contribution in [2.24, 2.45) is 5.84 Å². The molecule has 0 radical (unpaired) electrons. The highest BCUT2D eigenvalue weighted by Gasteiger charge is 2.18. The van der Waals surface area contributed by atoms with E-state index in [0.29, 0.717) is 5.82 Å². The number of nitrogen functional groups attached to an aromatic ring is 1. The highest BCUT2D eigenvalue weighted by Crippen LogP contribution is 2.29. The first-order chi connectivity index (χ1) is 9.31. The number of pyridine rings is 1. The van der Waals surface area contributed by atoms with Gasteiger partial charge in [-0.25, -0.2) is 5.43 Å². The van der Waals surface area contributed by atoms with Crippen molar-refractivity contribution in [1.82, 2.24) is 20.6 Å². The zero-order valence-corrected chi connectivity index (χ0v) is 10.2. The maximum atomic E-state index is 5.87. The van der Waals surface area contributed by atoms with Crippen LogP contribution in [0.2, 0.25) is 0 Å². The van der Waals surface area contributed by atoms with Gasteiger partial charge in [0.05, 0.1) is 12.2 Å². The summed E-state index contributed by atoms with van der Waals surface area (Å²) in [5.41, 5.74) is 10.5. The summed E-state index contributed by atoms with van der Waals surface area (Å²) in [4.78, 5) is 4.12. The summed E-state index contributed by atoms with van der Waals surface area (Å²) in [7, 11) is 0. The minimum absolute atomic E-state index is 0.218. The number of aromatic amines is 1. The fourth-order valence-electron chi connectivity index (χ4n) is 2.28. The Labute approximate surface area is 109 Å². The van der Waals surface area contributed by atoms with Gasteiger partial charge in [-0.2, -0.15) is 5.10 Å². The van der Waals surface area contributed by atoms with E-state index in [1.807, 2.05) is 30.5 Å². The molecule has 0 aliphatic rings. The lowest BCUT2D eigenvalue weighted by molar-refractivity contribution is 0.643. The third-order valence-corrected chi connectivity index (χ3v) is 3.20. The highest BCUT2D eigenvalue weighted by molar-refractivity contribution is 5.85. The number of hydrazine groups is 1. The number of aromatic nitrogens is 3. The molecule has 0 aliphatic heterocycles. The zero-order chi connectivity index (χ0) is 13.2. The molecule has 0 aliphatic carbocycles. The number of fused-ring (bicyclic) bond motifs is 1. The SMILES string of the molecule is NNC(c1cn[nH]c1N)c1cccc2cnccc12. The number of nitrogens with zero attached hydrogens (tertiary/aromatic N) is 2. The second-order valence-electron chi connectivity index (χ2n) is 4.28. The van der Waals surface area contributed by atoms with Crippen LogP contribution >= 0.6 is 0 Å². The molecular weight excluding hydrogens is 240 g/mol. The molecule has 3 rings (SSSR count). The molecular formula is C13H14N6. The van der Waals surface area contributed by atoms with Crippen molar-refractivity contribution in [3.8, 4) is 0 Å². The minimum Gasteiger partial charge on any atom is -0.384 e. The Bertz CT molecular complexity index is 700. The molecule has 0 saturated carbocycles. The lowest BCUT2D eigenvalue weighted by Gasteiger charge is -2.17. The molecule has 96 valence electrons. The van der Waals surface area contributed by atoms with Gasteiger partial charge in [0.15, 0.2) is 0 Å². The van der Waals surface area contributed by atoms with Crippen LogP contribution in [-0.4, -0.2) is 15.2 Å². The van der Waals surface area contributed by atoms with Crippen LogP contribution in [-0.2, 0) is 0 Å². The molecule has 0 fully saturated rings. The molecule has 1 unspecified atom stereocenters. The van der Waals surface area contributed by atoms with E-state index in [1.165, 1.54) is 0 Å². The van der Waals surface area contributed by atoms with Crippen molar-refractivity contribution in [2.45, 2.75) is 6.04 Å². The predicted molar refractivity (Wildman–Crippen MR) is 73.9 cm³/mol. The van der Waals surface area contributed by atoms with Gasteiger partial charge in [0, 0.05) is 23.3 Å². The molecule has 6 nitrogen and oxygen atoms in total. The molecule has 0 saturated heterocycles. The van der Waals surface area contributed by atoms with Gasteiger partial charge in [0.25, 0.3) is 0 Å². The average Bonchev–Trinajstić information content (AvgIpc) is 2.86. The first-order valence-electron chi connectivity index (χ1n) is 5.88. The summed E-state index contributed by atoms with van der Waals surface area (Å²) in [6, 6.07) is 7.74. The lowest BCUT2D eigenvalue weighted by Crippen LogP contribution is -2.29. The van der Waals surface area contributed by atoms with Crippen LogP contribution in [0.3, 0.4) is 0 Å². The number of rotatable bonds is 3. The first-order valence-corrected chi connectivity index (χ1v) is 5.88. The molecule has 6 heteroatoms. The Balaban J connectivity index is 2.20. The van der Waals surface area contributed by atoms with E-state index in [1.54, 1.807) is 12.4 Å². The maximum absolute atomic E-state index is 5.87. The molecule has 2 aromatic heterocycles. The van der Waals surface area contributed by atoms with Gasteiger partial charge in [0.1, 0.15) is 5.82 Å². The van der Waals surface area contributed by atoms with Crippen LogP contribution in [0.15, 0.2) is 42.9 Å². The maximum Gasteiger partial charge on any atom is 0.124 e. The Kier molecular flexibility index (Phi) is 2.86. The molecule has 0 amide bonds. The lowest BCUT2D eigenvalue weighted by atomic mass is 9.96.